The molecule has 2 aromatic rings. The minimum atomic E-state index is -0.00152. The van der Waals surface area contributed by atoms with Gasteiger partial charge in [-0.1, -0.05) is 18.2 Å². The van der Waals surface area contributed by atoms with Crippen LogP contribution in [0.1, 0.15) is 21.1 Å². The van der Waals surface area contributed by atoms with Gasteiger partial charge in [0.05, 0.1) is 12.1 Å². The first kappa shape index (κ1) is 13.3. The van der Waals surface area contributed by atoms with Gasteiger partial charge in [0.25, 0.3) is 0 Å². The monoisotopic (exact) mass is 287 g/mol. The van der Waals surface area contributed by atoms with E-state index in [0.29, 0.717) is 6.42 Å². The van der Waals surface area contributed by atoms with E-state index < -0.39 is 0 Å². The SMILES string of the molecule is Cc1ccccc1NC(=O)Cc1nc2c(s1)CNCC2. The van der Waals surface area contributed by atoms with Crippen molar-refractivity contribution in [3.63, 3.8) is 0 Å². The molecule has 0 radical (unpaired) electrons. The summed E-state index contributed by atoms with van der Waals surface area (Å²) in [5.41, 5.74) is 3.11. The van der Waals surface area contributed by atoms with Gasteiger partial charge in [0.2, 0.25) is 5.91 Å². The number of aryl methyl sites for hydroxylation is 1. The maximum Gasteiger partial charge on any atom is 0.231 e. The second-order valence-electron chi connectivity index (χ2n) is 4.94. The summed E-state index contributed by atoms with van der Waals surface area (Å²) in [6.07, 6.45) is 1.32. The molecule has 1 aromatic carbocycles. The van der Waals surface area contributed by atoms with Gasteiger partial charge in [0, 0.05) is 30.1 Å². The predicted molar refractivity (Wildman–Crippen MR) is 81.0 cm³/mol. The van der Waals surface area contributed by atoms with E-state index in [2.05, 4.69) is 15.6 Å². The molecule has 0 saturated carbocycles. The second-order valence-corrected chi connectivity index (χ2v) is 6.11. The first-order valence-corrected chi connectivity index (χ1v) is 7.57. The van der Waals surface area contributed by atoms with Crippen molar-refractivity contribution in [2.24, 2.45) is 0 Å². The predicted octanol–water partition coefficient (Wildman–Crippen LogP) is 2.28. The van der Waals surface area contributed by atoms with Crippen molar-refractivity contribution < 1.29 is 4.79 Å². The van der Waals surface area contributed by atoms with Crippen molar-refractivity contribution >= 4 is 22.9 Å². The number of aromatic nitrogens is 1. The number of hydrogen-bond acceptors (Lipinski definition) is 4. The number of fused-ring (bicyclic) bond motifs is 1. The van der Waals surface area contributed by atoms with Crippen molar-refractivity contribution in [1.82, 2.24) is 10.3 Å². The summed E-state index contributed by atoms with van der Waals surface area (Å²) in [6.45, 7) is 3.85. The van der Waals surface area contributed by atoms with Gasteiger partial charge in [-0.15, -0.1) is 11.3 Å². The zero-order valence-corrected chi connectivity index (χ0v) is 12.2. The minimum Gasteiger partial charge on any atom is -0.325 e. The van der Waals surface area contributed by atoms with Crippen LogP contribution < -0.4 is 10.6 Å². The third-order valence-electron chi connectivity index (χ3n) is 3.38. The summed E-state index contributed by atoms with van der Waals surface area (Å²) in [5.74, 6) is -0.00152. The van der Waals surface area contributed by atoms with Gasteiger partial charge in [-0.05, 0) is 18.6 Å². The van der Waals surface area contributed by atoms with Crippen LogP contribution in [0.5, 0.6) is 0 Å². The third kappa shape index (κ3) is 2.89. The largest absolute Gasteiger partial charge is 0.325 e. The summed E-state index contributed by atoms with van der Waals surface area (Å²) >= 11 is 1.64. The van der Waals surface area contributed by atoms with E-state index in [1.807, 2.05) is 31.2 Å². The topological polar surface area (TPSA) is 54.0 Å². The molecule has 4 nitrogen and oxygen atoms in total. The van der Waals surface area contributed by atoms with Crippen LogP contribution >= 0.6 is 11.3 Å². The third-order valence-corrected chi connectivity index (χ3v) is 4.48. The molecule has 104 valence electrons. The second kappa shape index (κ2) is 5.73. The molecule has 0 aliphatic carbocycles. The fraction of sp³-hybridized carbons (Fsp3) is 0.333. The number of rotatable bonds is 3. The van der Waals surface area contributed by atoms with Crippen molar-refractivity contribution in [3.05, 3.63) is 45.4 Å². The lowest BCUT2D eigenvalue weighted by Gasteiger charge is -2.09. The summed E-state index contributed by atoms with van der Waals surface area (Å²) in [4.78, 5) is 17.9. The number of para-hydroxylation sites is 1. The van der Waals surface area contributed by atoms with Crippen molar-refractivity contribution in [3.8, 4) is 0 Å². The van der Waals surface area contributed by atoms with E-state index in [4.69, 9.17) is 0 Å². The molecule has 3 rings (SSSR count). The number of nitrogens with zero attached hydrogens (tertiary/aromatic N) is 1. The standard InChI is InChI=1S/C15H17N3OS/c1-10-4-2-3-5-11(10)17-14(19)8-15-18-12-6-7-16-9-13(12)20-15/h2-5,16H,6-9H2,1H3,(H,17,19). The van der Waals surface area contributed by atoms with Gasteiger partial charge < -0.3 is 10.6 Å². The van der Waals surface area contributed by atoms with E-state index in [1.165, 1.54) is 4.88 Å². The Bertz CT molecular complexity index is 612. The van der Waals surface area contributed by atoms with Gasteiger partial charge in [-0.3, -0.25) is 4.79 Å². The molecule has 1 aromatic heterocycles. The summed E-state index contributed by atoms with van der Waals surface area (Å²) in [7, 11) is 0. The molecule has 2 N–H and O–H groups in total. The smallest absolute Gasteiger partial charge is 0.231 e. The number of hydrogen-bond donors (Lipinski definition) is 2. The van der Waals surface area contributed by atoms with E-state index in [-0.39, 0.29) is 5.91 Å². The highest BCUT2D eigenvalue weighted by atomic mass is 32.1. The highest BCUT2D eigenvalue weighted by molar-refractivity contribution is 7.11. The van der Waals surface area contributed by atoms with Crippen LogP contribution in [0.3, 0.4) is 0 Å². The van der Waals surface area contributed by atoms with Crippen LogP contribution in [0.15, 0.2) is 24.3 Å². The Kier molecular flexibility index (Phi) is 3.80. The maximum atomic E-state index is 12.1. The summed E-state index contributed by atoms with van der Waals surface area (Å²) in [5, 5.41) is 7.18. The Balaban J connectivity index is 1.67. The molecule has 0 saturated heterocycles. The van der Waals surface area contributed by atoms with Crippen molar-refractivity contribution in [2.75, 3.05) is 11.9 Å². The van der Waals surface area contributed by atoms with Gasteiger partial charge >= 0.3 is 0 Å². The molecule has 0 spiro atoms. The van der Waals surface area contributed by atoms with Gasteiger partial charge in [-0.25, -0.2) is 4.98 Å². The molecular weight excluding hydrogens is 270 g/mol. The molecule has 5 heteroatoms. The number of benzene rings is 1. The lowest BCUT2D eigenvalue weighted by Crippen LogP contribution is -2.22. The van der Waals surface area contributed by atoms with Crippen LogP contribution in [-0.2, 0) is 24.2 Å². The average Bonchev–Trinajstić information content (AvgIpc) is 2.83. The molecule has 0 unspecified atom stereocenters. The van der Waals surface area contributed by atoms with Crippen LogP contribution in [0.25, 0.3) is 0 Å². The Morgan fingerprint density at radius 1 is 1.45 bits per heavy atom. The first-order chi connectivity index (χ1) is 9.72. The molecule has 0 bridgehead atoms. The van der Waals surface area contributed by atoms with Gasteiger partial charge in [-0.2, -0.15) is 0 Å². The molecule has 0 fully saturated rings. The fourth-order valence-electron chi connectivity index (χ4n) is 2.30. The maximum absolute atomic E-state index is 12.1. The number of nitrogens with one attached hydrogen (secondary N) is 2. The summed E-state index contributed by atoms with van der Waals surface area (Å²) in [6, 6.07) is 7.80. The molecular formula is C15H17N3OS. The van der Waals surface area contributed by atoms with E-state index in [0.717, 1.165) is 41.5 Å². The van der Waals surface area contributed by atoms with Crippen LogP contribution in [0.2, 0.25) is 0 Å². The van der Waals surface area contributed by atoms with Crippen LogP contribution in [0, 0.1) is 6.92 Å². The van der Waals surface area contributed by atoms with Crippen LogP contribution in [0.4, 0.5) is 5.69 Å². The average molecular weight is 287 g/mol. The molecule has 20 heavy (non-hydrogen) atoms. The first-order valence-electron chi connectivity index (χ1n) is 6.76. The number of amides is 1. The van der Waals surface area contributed by atoms with E-state index in [1.54, 1.807) is 11.3 Å². The lowest BCUT2D eigenvalue weighted by atomic mass is 10.2. The highest BCUT2D eigenvalue weighted by Crippen LogP contribution is 2.22. The van der Waals surface area contributed by atoms with Crippen LogP contribution in [-0.4, -0.2) is 17.4 Å². The zero-order chi connectivity index (χ0) is 13.9. The number of carbonyl (C=O) groups excluding carboxylic acids is 1. The quantitative estimate of drug-likeness (QED) is 0.910. The summed E-state index contributed by atoms with van der Waals surface area (Å²) < 4.78 is 0. The molecule has 1 aliphatic rings. The fourth-order valence-corrected chi connectivity index (χ4v) is 3.38. The molecule has 2 heterocycles. The Labute approximate surface area is 122 Å². The zero-order valence-electron chi connectivity index (χ0n) is 11.4. The Morgan fingerprint density at radius 3 is 3.10 bits per heavy atom. The number of carbonyl (C=O) groups is 1. The van der Waals surface area contributed by atoms with E-state index in [9.17, 15) is 4.79 Å². The normalized spacial score (nSPS) is 13.8. The van der Waals surface area contributed by atoms with Gasteiger partial charge in [0.1, 0.15) is 5.01 Å². The minimum absolute atomic E-state index is 0.00152. The van der Waals surface area contributed by atoms with Crippen molar-refractivity contribution in [1.29, 1.82) is 0 Å². The number of anilines is 1. The number of thiazole rings is 1. The Hall–Kier alpha value is -1.72. The van der Waals surface area contributed by atoms with E-state index >= 15 is 0 Å². The Morgan fingerprint density at radius 2 is 2.30 bits per heavy atom. The van der Waals surface area contributed by atoms with Gasteiger partial charge in [0.15, 0.2) is 0 Å². The molecule has 1 aliphatic heterocycles. The van der Waals surface area contributed by atoms with Crippen molar-refractivity contribution in [2.45, 2.75) is 26.3 Å². The highest BCUT2D eigenvalue weighted by Gasteiger charge is 2.16. The lowest BCUT2D eigenvalue weighted by molar-refractivity contribution is -0.115. The molecule has 1 amide bonds. The molecule has 0 atom stereocenters.